The van der Waals surface area contributed by atoms with Gasteiger partial charge in [-0.1, -0.05) is 12.1 Å². The summed E-state index contributed by atoms with van der Waals surface area (Å²) in [5.41, 5.74) is 2.31. The Morgan fingerprint density at radius 3 is 2.92 bits per heavy atom. The van der Waals surface area contributed by atoms with E-state index in [0.29, 0.717) is 12.0 Å². The number of nitrogens with zero attached hydrogens (tertiary/aromatic N) is 3. The number of imidazole rings is 1. The lowest BCUT2D eigenvalue weighted by atomic mass is 9.94. The second kappa shape index (κ2) is 7.47. The molecule has 2 aromatic rings. The number of aryl methyl sites for hydroxylation is 1. The van der Waals surface area contributed by atoms with Crippen molar-refractivity contribution in [1.29, 1.82) is 0 Å². The van der Waals surface area contributed by atoms with Gasteiger partial charge in [0.15, 0.2) is 0 Å². The third-order valence-electron chi connectivity index (χ3n) is 4.94. The Labute approximate surface area is 144 Å². The Morgan fingerprint density at radius 1 is 1.33 bits per heavy atom. The zero-order chi connectivity index (χ0) is 17.1. The van der Waals surface area contributed by atoms with Crippen molar-refractivity contribution >= 4 is 0 Å². The summed E-state index contributed by atoms with van der Waals surface area (Å²) in [4.78, 5) is 7.10. The Hall–Kier alpha value is -1.68. The SMILES string of the molecule is Cc1cnc(CC2CCCN(Cc3cccc(F)c3)C2)n1C(C)C. The van der Waals surface area contributed by atoms with Crippen LogP contribution in [0.2, 0.25) is 0 Å². The van der Waals surface area contributed by atoms with Crippen molar-refractivity contribution in [2.45, 2.75) is 52.6 Å². The molecule has 1 aromatic heterocycles. The lowest BCUT2D eigenvalue weighted by molar-refractivity contribution is 0.164. The molecular weight excluding hydrogens is 301 g/mol. The molecule has 1 fully saturated rings. The minimum Gasteiger partial charge on any atom is -0.330 e. The van der Waals surface area contributed by atoms with Crippen molar-refractivity contribution in [2.75, 3.05) is 13.1 Å². The number of aromatic nitrogens is 2. The van der Waals surface area contributed by atoms with Crippen molar-refractivity contribution in [3.8, 4) is 0 Å². The van der Waals surface area contributed by atoms with Crippen LogP contribution in [0.1, 0.15) is 49.8 Å². The van der Waals surface area contributed by atoms with Gasteiger partial charge >= 0.3 is 0 Å². The third kappa shape index (κ3) is 4.04. The molecule has 24 heavy (non-hydrogen) atoms. The molecule has 1 aliphatic heterocycles. The highest BCUT2D eigenvalue weighted by molar-refractivity contribution is 5.16. The van der Waals surface area contributed by atoms with Gasteiger partial charge in [0.25, 0.3) is 0 Å². The van der Waals surface area contributed by atoms with Crippen molar-refractivity contribution < 1.29 is 4.39 Å². The predicted molar refractivity (Wildman–Crippen MR) is 95.5 cm³/mol. The molecule has 0 aliphatic carbocycles. The van der Waals surface area contributed by atoms with Gasteiger partial charge in [-0.2, -0.15) is 0 Å². The van der Waals surface area contributed by atoms with Crippen LogP contribution in [0.15, 0.2) is 30.5 Å². The summed E-state index contributed by atoms with van der Waals surface area (Å²) >= 11 is 0. The van der Waals surface area contributed by atoms with E-state index in [2.05, 4.69) is 35.2 Å². The van der Waals surface area contributed by atoms with Gasteiger partial charge in [-0.05, 0) is 63.8 Å². The van der Waals surface area contributed by atoms with Crippen LogP contribution >= 0.6 is 0 Å². The molecule has 0 spiro atoms. The molecule has 3 nitrogen and oxygen atoms in total. The smallest absolute Gasteiger partial charge is 0.123 e. The molecule has 0 saturated carbocycles. The van der Waals surface area contributed by atoms with Gasteiger partial charge in [-0.15, -0.1) is 0 Å². The summed E-state index contributed by atoms with van der Waals surface area (Å²) in [6.07, 6.45) is 5.49. The van der Waals surface area contributed by atoms with Gasteiger partial charge in [0.05, 0.1) is 0 Å². The highest BCUT2D eigenvalue weighted by atomic mass is 19.1. The van der Waals surface area contributed by atoms with Crippen LogP contribution in [0.4, 0.5) is 4.39 Å². The topological polar surface area (TPSA) is 21.1 Å². The molecule has 130 valence electrons. The van der Waals surface area contributed by atoms with E-state index < -0.39 is 0 Å². The van der Waals surface area contributed by atoms with Gasteiger partial charge in [0, 0.05) is 37.4 Å². The van der Waals surface area contributed by atoms with Crippen LogP contribution in [-0.2, 0) is 13.0 Å². The molecule has 0 N–H and O–H groups in total. The van der Waals surface area contributed by atoms with Crippen molar-refractivity contribution in [3.05, 3.63) is 53.4 Å². The second-order valence-electron chi connectivity index (χ2n) is 7.36. The number of benzene rings is 1. The van der Waals surface area contributed by atoms with Crippen molar-refractivity contribution in [1.82, 2.24) is 14.5 Å². The molecule has 4 heteroatoms. The summed E-state index contributed by atoms with van der Waals surface area (Å²) in [6, 6.07) is 7.43. The van der Waals surface area contributed by atoms with Crippen LogP contribution in [0.5, 0.6) is 0 Å². The van der Waals surface area contributed by atoms with Crippen molar-refractivity contribution in [3.63, 3.8) is 0 Å². The summed E-state index contributed by atoms with van der Waals surface area (Å²) < 4.78 is 15.7. The Bertz CT molecular complexity index is 677. The summed E-state index contributed by atoms with van der Waals surface area (Å²) in [5.74, 6) is 1.70. The maximum absolute atomic E-state index is 13.4. The van der Waals surface area contributed by atoms with E-state index in [1.807, 2.05) is 12.3 Å². The molecule has 1 aromatic carbocycles. The fourth-order valence-electron chi connectivity index (χ4n) is 3.97. The lowest BCUT2D eigenvalue weighted by Crippen LogP contribution is -2.36. The van der Waals surface area contributed by atoms with E-state index >= 15 is 0 Å². The third-order valence-corrected chi connectivity index (χ3v) is 4.94. The second-order valence-corrected chi connectivity index (χ2v) is 7.36. The Morgan fingerprint density at radius 2 is 2.17 bits per heavy atom. The van der Waals surface area contributed by atoms with Gasteiger partial charge < -0.3 is 4.57 Å². The van der Waals surface area contributed by atoms with Crippen LogP contribution in [0, 0.1) is 18.7 Å². The summed E-state index contributed by atoms with van der Waals surface area (Å²) in [7, 11) is 0. The van der Waals surface area contributed by atoms with E-state index in [0.717, 1.165) is 31.6 Å². The van der Waals surface area contributed by atoms with E-state index in [4.69, 9.17) is 0 Å². The molecule has 0 amide bonds. The molecule has 0 bridgehead atoms. The maximum atomic E-state index is 13.4. The number of likely N-dealkylation sites (tertiary alicyclic amines) is 1. The predicted octanol–water partition coefficient (Wildman–Crippen LogP) is 4.37. The normalized spacial score (nSPS) is 19.1. The molecule has 1 unspecified atom stereocenters. The van der Waals surface area contributed by atoms with Gasteiger partial charge in [-0.25, -0.2) is 9.37 Å². The molecule has 0 radical (unpaired) electrons. The van der Waals surface area contributed by atoms with Gasteiger partial charge in [0.2, 0.25) is 0 Å². The molecular formula is C20H28FN3. The van der Waals surface area contributed by atoms with E-state index in [1.165, 1.54) is 30.4 Å². The fourth-order valence-corrected chi connectivity index (χ4v) is 3.97. The number of piperidine rings is 1. The van der Waals surface area contributed by atoms with Crippen molar-refractivity contribution in [2.24, 2.45) is 5.92 Å². The summed E-state index contributed by atoms with van der Waals surface area (Å²) in [5, 5.41) is 0. The first-order valence-corrected chi connectivity index (χ1v) is 9.02. The minimum atomic E-state index is -0.143. The van der Waals surface area contributed by atoms with E-state index in [-0.39, 0.29) is 5.82 Å². The average molecular weight is 329 g/mol. The highest BCUT2D eigenvalue weighted by Gasteiger charge is 2.22. The molecule has 3 rings (SSSR count). The van der Waals surface area contributed by atoms with Crippen LogP contribution in [0.3, 0.4) is 0 Å². The maximum Gasteiger partial charge on any atom is 0.123 e. The quantitative estimate of drug-likeness (QED) is 0.812. The standard InChI is InChI=1S/C20H28FN3/c1-15(2)24-16(3)12-22-20(24)11-18-7-5-9-23(14-18)13-17-6-4-8-19(21)10-17/h4,6,8,10,12,15,18H,5,7,9,11,13-14H2,1-3H3. The van der Waals surface area contributed by atoms with Crippen LogP contribution in [0.25, 0.3) is 0 Å². The first-order chi connectivity index (χ1) is 11.5. The average Bonchev–Trinajstić information content (AvgIpc) is 2.88. The number of halogens is 1. The fraction of sp³-hybridized carbons (Fsp3) is 0.550. The van der Waals surface area contributed by atoms with Gasteiger partial charge in [-0.3, -0.25) is 4.90 Å². The minimum absolute atomic E-state index is 0.143. The van der Waals surface area contributed by atoms with Crippen LogP contribution in [-0.4, -0.2) is 27.5 Å². The first kappa shape index (κ1) is 17.2. The largest absolute Gasteiger partial charge is 0.330 e. The molecule has 1 atom stereocenters. The van der Waals surface area contributed by atoms with Gasteiger partial charge in [0.1, 0.15) is 11.6 Å². The van der Waals surface area contributed by atoms with Crippen LogP contribution < -0.4 is 0 Å². The monoisotopic (exact) mass is 329 g/mol. The number of hydrogen-bond donors (Lipinski definition) is 0. The zero-order valence-electron chi connectivity index (χ0n) is 15.0. The summed E-state index contributed by atoms with van der Waals surface area (Å²) in [6.45, 7) is 9.58. The molecule has 1 saturated heterocycles. The number of hydrogen-bond acceptors (Lipinski definition) is 2. The Kier molecular flexibility index (Phi) is 5.34. The van der Waals surface area contributed by atoms with E-state index in [1.54, 1.807) is 12.1 Å². The number of rotatable bonds is 5. The lowest BCUT2D eigenvalue weighted by Gasteiger charge is -2.33. The van der Waals surface area contributed by atoms with E-state index in [9.17, 15) is 4.39 Å². The zero-order valence-corrected chi connectivity index (χ0v) is 15.0. The first-order valence-electron chi connectivity index (χ1n) is 9.02. The molecule has 2 heterocycles. The highest BCUT2D eigenvalue weighted by Crippen LogP contribution is 2.24. The Balaban J connectivity index is 1.64. The molecule has 1 aliphatic rings.